The van der Waals surface area contributed by atoms with Gasteiger partial charge in [-0.05, 0) is 24.6 Å². The summed E-state index contributed by atoms with van der Waals surface area (Å²) in [5, 5.41) is 0. The summed E-state index contributed by atoms with van der Waals surface area (Å²) in [6, 6.07) is 6.07. The van der Waals surface area contributed by atoms with E-state index < -0.39 is 0 Å². The predicted molar refractivity (Wildman–Crippen MR) is 78.6 cm³/mol. The van der Waals surface area contributed by atoms with E-state index in [0.29, 0.717) is 13.0 Å². The number of imidazole rings is 1. The largest absolute Gasteiger partial charge is 0.333 e. The van der Waals surface area contributed by atoms with Gasteiger partial charge in [0.15, 0.2) is 0 Å². The molecule has 0 aliphatic carbocycles. The fourth-order valence-corrected chi connectivity index (χ4v) is 2.64. The molecule has 0 radical (unpaired) electrons. The Balaban J connectivity index is 1.98. The molecule has 0 bridgehead atoms. The third-order valence-electron chi connectivity index (χ3n) is 3.80. The van der Waals surface area contributed by atoms with Crippen LogP contribution in [0, 0.1) is 6.92 Å². The van der Waals surface area contributed by atoms with Crippen molar-refractivity contribution in [2.24, 2.45) is 5.73 Å². The first kappa shape index (κ1) is 12.9. The van der Waals surface area contributed by atoms with Crippen molar-refractivity contribution in [3.8, 4) is 11.3 Å². The van der Waals surface area contributed by atoms with E-state index in [-0.39, 0.29) is 5.91 Å². The molecule has 1 aromatic carbocycles. The normalized spacial score (nSPS) is 13.9. The van der Waals surface area contributed by atoms with Crippen LogP contribution < -0.4 is 10.6 Å². The van der Waals surface area contributed by atoms with Gasteiger partial charge in [0.05, 0.1) is 12.1 Å². The molecular weight excluding hydrogens is 252 g/mol. The Bertz CT molecular complexity index is 675. The molecule has 104 valence electrons. The van der Waals surface area contributed by atoms with Crippen LogP contribution in [0.3, 0.4) is 0 Å². The first-order valence-corrected chi connectivity index (χ1v) is 6.74. The van der Waals surface area contributed by atoms with Gasteiger partial charge in [-0.3, -0.25) is 4.79 Å². The molecule has 1 aliphatic rings. The summed E-state index contributed by atoms with van der Waals surface area (Å²) in [7, 11) is 1.81. The first-order chi connectivity index (χ1) is 9.60. The molecule has 2 aromatic rings. The summed E-state index contributed by atoms with van der Waals surface area (Å²) in [5.74, 6) is 1.10. The van der Waals surface area contributed by atoms with Gasteiger partial charge in [-0.1, -0.05) is 6.07 Å². The number of carbonyl (C=O) groups excluding carboxylic acids is 1. The van der Waals surface area contributed by atoms with Crippen LogP contribution in [0.4, 0.5) is 5.69 Å². The Morgan fingerprint density at radius 3 is 2.95 bits per heavy atom. The molecule has 2 N–H and O–H groups in total. The molecule has 2 heterocycles. The van der Waals surface area contributed by atoms with Gasteiger partial charge in [0, 0.05) is 37.6 Å². The molecule has 5 nitrogen and oxygen atoms in total. The minimum atomic E-state index is 0.141. The first-order valence-electron chi connectivity index (χ1n) is 6.74. The number of anilines is 1. The maximum atomic E-state index is 11.7. The van der Waals surface area contributed by atoms with Crippen molar-refractivity contribution in [2.45, 2.75) is 19.9 Å². The highest BCUT2D eigenvalue weighted by Gasteiger charge is 2.24. The van der Waals surface area contributed by atoms with Gasteiger partial charge in [-0.25, -0.2) is 4.98 Å². The second-order valence-corrected chi connectivity index (χ2v) is 5.13. The molecule has 0 fully saturated rings. The highest BCUT2D eigenvalue weighted by molar-refractivity contribution is 6.01. The molecule has 3 rings (SSSR count). The van der Waals surface area contributed by atoms with Crippen molar-refractivity contribution < 1.29 is 4.79 Å². The van der Waals surface area contributed by atoms with E-state index >= 15 is 0 Å². The zero-order valence-electron chi connectivity index (χ0n) is 11.8. The van der Waals surface area contributed by atoms with E-state index in [4.69, 9.17) is 5.73 Å². The standard InChI is InChI=1S/C15H18N4O/c1-10-17-13(9-19(10)6-5-16)11-3-4-14-12(7-11)8-15(20)18(14)2/h3-4,7,9H,5-6,8,16H2,1-2H3. The lowest BCUT2D eigenvalue weighted by molar-refractivity contribution is -0.117. The number of amides is 1. The third-order valence-corrected chi connectivity index (χ3v) is 3.80. The molecule has 0 saturated heterocycles. The van der Waals surface area contributed by atoms with Crippen molar-refractivity contribution >= 4 is 11.6 Å². The summed E-state index contributed by atoms with van der Waals surface area (Å²) in [6.45, 7) is 3.34. The number of aryl methyl sites for hydroxylation is 1. The number of carbonyl (C=O) groups is 1. The number of hydrogen-bond donors (Lipinski definition) is 1. The number of likely N-dealkylation sites (N-methyl/N-ethyl adjacent to an activating group) is 1. The van der Waals surface area contributed by atoms with Crippen molar-refractivity contribution in [2.75, 3.05) is 18.5 Å². The molecule has 1 aromatic heterocycles. The van der Waals surface area contributed by atoms with Gasteiger partial charge in [0.2, 0.25) is 5.91 Å². The second-order valence-electron chi connectivity index (χ2n) is 5.13. The van der Waals surface area contributed by atoms with Crippen molar-refractivity contribution in [1.29, 1.82) is 0 Å². The average Bonchev–Trinajstić information content (AvgIpc) is 2.92. The lowest BCUT2D eigenvalue weighted by atomic mass is 10.1. The molecule has 20 heavy (non-hydrogen) atoms. The third kappa shape index (κ3) is 2.00. The smallest absolute Gasteiger partial charge is 0.231 e. The number of hydrogen-bond acceptors (Lipinski definition) is 3. The summed E-state index contributed by atoms with van der Waals surface area (Å²) >= 11 is 0. The highest BCUT2D eigenvalue weighted by Crippen LogP contribution is 2.31. The van der Waals surface area contributed by atoms with Crippen LogP contribution in [-0.4, -0.2) is 29.1 Å². The Labute approximate surface area is 118 Å². The maximum Gasteiger partial charge on any atom is 0.231 e. The monoisotopic (exact) mass is 270 g/mol. The highest BCUT2D eigenvalue weighted by atomic mass is 16.2. The van der Waals surface area contributed by atoms with E-state index in [1.54, 1.807) is 4.90 Å². The van der Waals surface area contributed by atoms with Gasteiger partial charge in [0.25, 0.3) is 0 Å². The number of rotatable bonds is 3. The number of nitrogens with zero attached hydrogens (tertiary/aromatic N) is 3. The van der Waals surface area contributed by atoms with Crippen molar-refractivity contribution in [3.05, 3.63) is 35.8 Å². The molecule has 0 saturated carbocycles. The molecule has 0 atom stereocenters. The van der Waals surface area contributed by atoms with Crippen molar-refractivity contribution in [3.63, 3.8) is 0 Å². The van der Waals surface area contributed by atoms with E-state index in [1.807, 2.05) is 32.3 Å². The predicted octanol–water partition coefficient (Wildman–Crippen LogP) is 1.34. The van der Waals surface area contributed by atoms with Crippen LogP contribution >= 0.6 is 0 Å². The van der Waals surface area contributed by atoms with Gasteiger partial charge in [0.1, 0.15) is 5.82 Å². The summed E-state index contributed by atoms with van der Waals surface area (Å²) in [5.41, 5.74) is 9.64. The number of aromatic nitrogens is 2. The fraction of sp³-hybridized carbons (Fsp3) is 0.333. The topological polar surface area (TPSA) is 64.2 Å². The van der Waals surface area contributed by atoms with Gasteiger partial charge < -0.3 is 15.2 Å². The molecule has 1 amide bonds. The average molecular weight is 270 g/mol. The zero-order chi connectivity index (χ0) is 14.3. The molecule has 0 unspecified atom stereocenters. The molecule has 5 heteroatoms. The molecule has 0 spiro atoms. The molecular formula is C15H18N4O. The van der Waals surface area contributed by atoms with Crippen LogP contribution in [0.1, 0.15) is 11.4 Å². The van der Waals surface area contributed by atoms with Crippen LogP contribution in [-0.2, 0) is 17.8 Å². The Morgan fingerprint density at radius 2 is 2.20 bits per heavy atom. The van der Waals surface area contributed by atoms with Crippen LogP contribution in [0.2, 0.25) is 0 Å². The lowest BCUT2D eigenvalue weighted by Gasteiger charge is -2.09. The number of fused-ring (bicyclic) bond motifs is 1. The van der Waals surface area contributed by atoms with Crippen LogP contribution in [0.25, 0.3) is 11.3 Å². The van der Waals surface area contributed by atoms with Gasteiger partial charge in [-0.2, -0.15) is 0 Å². The van der Waals surface area contributed by atoms with Crippen molar-refractivity contribution in [1.82, 2.24) is 9.55 Å². The summed E-state index contributed by atoms with van der Waals surface area (Å²) in [6.07, 6.45) is 2.49. The van der Waals surface area contributed by atoms with E-state index in [1.165, 1.54) is 0 Å². The Hall–Kier alpha value is -2.14. The second kappa shape index (κ2) is 4.76. The number of nitrogens with two attached hydrogens (primary N) is 1. The minimum Gasteiger partial charge on any atom is -0.333 e. The SMILES string of the molecule is Cc1nc(-c2ccc3c(c2)CC(=O)N3C)cn1CCN. The lowest BCUT2D eigenvalue weighted by Crippen LogP contribution is -2.20. The van der Waals surface area contributed by atoms with Crippen LogP contribution in [0.5, 0.6) is 0 Å². The van der Waals surface area contributed by atoms with E-state index in [9.17, 15) is 4.79 Å². The molecule has 1 aliphatic heterocycles. The van der Waals surface area contributed by atoms with E-state index in [2.05, 4.69) is 15.6 Å². The van der Waals surface area contributed by atoms with Gasteiger partial charge >= 0.3 is 0 Å². The zero-order valence-corrected chi connectivity index (χ0v) is 11.8. The Morgan fingerprint density at radius 1 is 1.40 bits per heavy atom. The minimum absolute atomic E-state index is 0.141. The summed E-state index contributed by atoms with van der Waals surface area (Å²) < 4.78 is 2.06. The quantitative estimate of drug-likeness (QED) is 0.915. The van der Waals surface area contributed by atoms with Gasteiger partial charge in [-0.15, -0.1) is 0 Å². The van der Waals surface area contributed by atoms with E-state index in [0.717, 1.165) is 34.9 Å². The number of benzene rings is 1. The summed E-state index contributed by atoms with van der Waals surface area (Å²) in [4.78, 5) is 18.0. The fourth-order valence-electron chi connectivity index (χ4n) is 2.64. The van der Waals surface area contributed by atoms with Crippen LogP contribution in [0.15, 0.2) is 24.4 Å². The maximum absolute atomic E-state index is 11.7. The Kier molecular flexibility index (Phi) is 3.06.